The van der Waals surface area contributed by atoms with Crippen molar-refractivity contribution in [2.45, 2.75) is 13.8 Å². The third-order valence-corrected chi connectivity index (χ3v) is 2.24. The van der Waals surface area contributed by atoms with Gasteiger partial charge in [0.1, 0.15) is 5.75 Å². The third-order valence-electron chi connectivity index (χ3n) is 2.24. The zero-order valence-corrected chi connectivity index (χ0v) is 9.91. The van der Waals surface area contributed by atoms with Crippen LogP contribution in [0, 0.1) is 6.92 Å². The van der Waals surface area contributed by atoms with E-state index < -0.39 is 0 Å². The van der Waals surface area contributed by atoms with Crippen LogP contribution in [0.4, 0.5) is 0 Å². The van der Waals surface area contributed by atoms with Gasteiger partial charge in [0.2, 0.25) is 5.91 Å². The highest BCUT2D eigenvalue weighted by Gasteiger charge is 2.06. The van der Waals surface area contributed by atoms with Crippen molar-refractivity contribution >= 4 is 11.8 Å². The smallest absolute Gasteiger partial charge is 0.251 e. The summed E-state index contributed by atoms with van der Waals surface area (Å²) in [4.78, 5) is 22.2. The molecule has 0 aliphatic carbocycles. The molecule has 0 aliphatic rings. The molecule has 0 unspecified atom stereocenters. The minimum Gasteiger partial charge on any atom is -0.508 e. The van der Waals surface area contributed by atoms with E-state index >= 15 is 0 Å². The highest BCUT2D eigenvalue weighted by Crippen LogP contribution is 2.16. The molecule has 0 fully saturated rings. The van der Waals surface area contributed by atoms with Gasteiger partial charge in [-0.1, -0.05) is 0 Å². The van der Waals surface area contributed by atoms with Crippen LogP contribution in [0.25, 0.3) is 0 Å². The second-order valence-electron chi connectivity index (χ2n) is 3.74. The summed E-state index contributed by atoms with van der Waals surface area (Å²) >= 11 is 0. The van der Waals surface area contributed by atoms with Gasteiger partial charge in [0.05, 0.1) is 0 Å². The Kier molecular flexibility index (Phi) is 4.51. The molecule has 0 aliphatic heterocycles. The molecule has 0 saturated carbocycles. The molecule has 5 nitrogen and oxygen atoms in total. The Balaban J connectivity index is 2.47. The van der Waals surface area contributed by atoms with E-state index in [4.69, 9.17) is 0 Å². The monoisotopic (exact) mass is 236 g/mol. The van der Waals surface area contributed by atoms with E-state index in [9.17, 15) is 14.7 Å². The van der Waals surface area contributed by atoms with Crippen LogP contribution >= 0.6 is 0 Å². The van der Waals surface area contributed by atoms with E-state index in [2.05, 4.69) is 10.6 Å². The zero-order chi connectivity index (χ0) is 12.8. The minimum absolute atomic E-state index is 0.125. The predicted octanol–water partition coefficient (Wildman–Crippen LogP) is 0.567. The van der Waals surface area contributed by atoms with E-state index in [1.807, 2.05) is 0 Å². The van der Waals surface area contributed by atoms with Gasteiger partial charge in [-0.15, -0.1) is 0 Å². The Bertz CT molecular complexity index is 430. The number of aryl methyl sites for hydroxylation is 1. The molecule has 1 aromatic carbocycles. The van der Waals surface area contributed by atoms with Gasteiger partial charge in [0.15, 0.2) is 0 Å². The van der Waals surface area contributed by atoms with E-state index in [-0.39, 0.29) is 17.6 Å². The number of hydrogen-bond donors (Lipinski definition) is 3. The number of carbonyl (C=O) groups is 2. The Morgan fingerprint density at radius 1 is 1.24 bits per heavy atom. The maximum Gasteiger partial charge on any atom is 0.251 e. The number of carbonyl (C=O) groups excluding carboxylic acids is 2. The number of hydrogen-bond acceptors (Lipinski definition) is 3. The van der Waals surface area contributed by atoms with Crippen molar-refractivity contribution in [3.8, 4) is 5.75 Å². The standard InChI is InChI=1S/C12H16N2O3/c1-8-7-10(3-4-11(8)16)12(17)14-6-5-13-9(2)15/h3-4,7,16H,5-6H2,1-2H3,(H,13,15)(H,14,17). The summed E-state index contributed by atoms with van der Waals surface area (Å²) in [5.74, 6) is -0.182. The lowest BCUT2D eigenvalue weighted by atomic mass is 10.1. The molecule has 0 aromatic heterocycles. The average Bonchev–Trinajstić information content (AvgIpc) is 2.27. The molecule has 2 amide bonds. The fourth-order valence-corrected chi connectivity index (χ4v) is 1.31. The summed E-state index contributed by atoms with van der Waals surface area (Å²) in [5.41, 5.74) is 1.14. The number of phenols is 1. The molecule has 0 saturated heterocycles. The number of rotatable bonds is 4. The van der Waals surface area contributed by atoms with Crippen LogP contribution < -0.4 is 10.6 Å². The lowest BCUT2D eigenvalue weighted by Crippen LogP contribution is -2.33. The fourth-order valence-electron chi connectivity index (χ4n) is 1.31. The van der Waals surface area contributed by atoms with Gasteiger partial charge in [-0.05, 0) is 30.7 Å². The fraction of sp³-hybridized carbons (Fsp3) is 0.333. The van der Waals surface area contributed by atoms with Gasteiger partial charge >= 0.3 is 0 Å². The number of amides is 2. The van der Waals surface area contributed by atoms with Crippen molar-refractivity contribution in [2.75, 3.05) is 13.1 Å². The molecule has 5 heteroatoms. The van der Waals surface area contributed by atoms with Crippen LogP contribution in [-0.4, -0.2) is 30.0 Å². The first-order valence-corrected chi connectivity index (χ1v) is 5.33. The molecule has 0 bridgehead atoms. The highest BCUT2D eigenvalue weighted by molar-refractivity contribution is 5.94. The molecule has 0 spiro atoms. The lowest BCUT2D eigenvalue weighted by Gasteiger charge is -2.07. The van der Waals surface area contributed by atoms with Gasteiger partial charge in [-0.25, -0.2) is 0 Å². The summed E-state index contributed by atoms with van der Waals surface area (Å²) < 4.78 is 0. The van der Waals surface area contributed by atoms with Crippen molar-refractivity contribution in [3.05, 3.63) is 29.3 Å². The molecule has 92 valence electrons. The number of aromatic hydroxyl groups is 1. The van der Waals surface area contributed by atoms with E-state index in [1.165, 1.54) is 13.0 Å². The lowest BCUT2D eigenvalue weighted by molar-refractivity contribution is -0.118. The van der Waals surface area contributed by atoms with Crippen molar-refractivity contribution in [1.82, 2.24) is 10.6 Å². The molecular weight excluding hydrogens is 220 g/mol. The number of nitrogens with one attached hydrogen (secondary N) is 2. The normalized spacial score (nSPS) is 9.76. The van der Waals surface area contributed by atoms with Gasteiger partial charge < -0.3 is 15.7 Å². The number of benzene rings is 1. The van der Waals surface area contributed by atoms with E-state index in [1.54, 1.807) is 19.1 Å². The Morgan fingerprint density at radius 3 is 2.47 bits per heavy atom. The van der Waals surface area contributed by atoms with Crippen LogP contribution in [0.15, 0.2) is 18.2 Å². The Hall–Kier alpha value is -2.04. The summed E-state index contributed by atoms with van der Waals surface area (Å²) in [6, 6.07) is 4.65. The topological polar surface area (TPSA) is 78.4 Å². The molecule has 3 N–H and O–H groups in total. The maximum absolute atomic E-state index is 11.6. The minimum atomic E-state index is -0.224. The summed E-state index contributed by atoms with van der Waals surface area (Å²) in [6.07, 6.45) is 0. The van der Waals surface area contributed by atoms with Gasteiger partial charge in [0, 0.05) is 25.6 Å². The molecular formula is C12H16N2O3. The number of phenolic OH excluding ortho intramolecular Hbond substituents is 1. The quantitative estimate of drug-likeness (QED) is 0.669. The first-order chi connectivity index (χ1) is 8.00. The predicted molar refractivity (Wildman–Crippen MR) is 63.9 cm³/mol. The van der Waals surface area contributed by atoms with Gasteiger partial charge in [-0.3, -0.25) is 9.59 Å². The average molecular weight is 236 g/mol. The molecule has 0 heterocycles. The Morgan fingerprint density at radius 2 is 1.88 bits per heavy atom. The van der Waals surface area contributed by atoms with Crippen LogP contribution in [0.5, 0.6) is 5.75 Å². The second kappa shape index (κ2) is 5.89. The maximum atomic E-state index is 11.6. The van der Waals surface area contributed by atoms with Crippen LogP contribution in [0.3, 0.4) is 0 Å². The molecule has 0 radical (unpaired) electrons. The van der Waals surface area contributed by atoms with Crippen LogP contribution in [0.2, 0.25) is 0 Å². The summed E-state index contributed by atoms with van der Waals surface area (Å²) in [6.45, 7) is 3.92. The molecule has 1 rings (SSSR count). The molecule has 17 heavy (non-hydrogen) atoms. The highest BCUT2D eigenvalue weighted by atomic mass is 16.3. The molecule has 0 atom stereocenters. The van der Waals surface area contributed by atoms with Crippen molar-refractivity contribution in [3.63, 3.8) is 0 Å². The largest absolute Gasteiger partial charge is 0.508 e. The van der Waals surface area contributed by atoms with Gasteiger partial charge in [0.25, 0.3) is 5.91 Å². The second-order valence-corrected chi connectivity index (χ2v) is 3.74. The van der Waals surface area contributed by atoms with E-state index in [0.717, 1.165) is 0 Å². The van der Waals surface area contributed by atoms with Crippen LogP contribution in [-0.2, 0) is 4.79 Å². The van der Waals surface area contributed by atoms with E-state index in [0.29, 0.717) is 24.2 Å². The van der Waals surface area contributed by atoms with Crippen LogP contribution in [0.1, 0.15) is 22.8 Å². The first kappa shape index (κ1) is 13.0. The van der Waals surface area contributed by atoms with Gasteiger partial charge in [-0.2, -0.15) is 0 Å². The zero-order valence-electron chi connectivity index (χ0n) is 9.91. The summed E-state index contributed by atoms with van der Waals surface area (Å²) in [7, 11) is 0. The summed E-state index contributed by atoms with van der Waals surface area (Å²) in [5, 5.41) is 14.6. The van der Waals surface area contributed by atoms with Crippen molar-refractivity contribution < 1.29 is 14.7 Å². The first-order valence-electron chi connectivity index (χ1n) is 5.33. The third kappa shape index (κ3) is 4.14. The Labute approximate surface area is 99.8 Å². The van der Waals surface area contributed by atoms with Crippen molar-refractivity contribution in [1.29, 1.82) is 0 Å². The molecule has 1 aromatic rings. The van der Waals surface area contributed by atoms with Crippen molar-refractivity contribution in [2.24, 2.45) is 0 Å². The SMILES string of the molecule is CC(=O)NCCNC(=O)c1ccc(O)c(C)c1.